The molecule has 0 heterocycles. The second-order valence-corrected chi connectivity index (χ2v) is 13.1. The van der Waals surface area contributed by atoms with Crippen LogP contribution >= 0.6 is 0 Å². The van der Waals surface area contributed by atoms with Crippen molar-refractivity contribution in [1.29, 1.82) is 5.26 Å². The first-order valence-corrected chi connectivity index (χ1v) is 15.2. The van der Waals surface area contributed by atoms with Crippen LogP contribution in [0.5, 0.6) is 11.5 Å². The lowest BCUT2D eigenvalue weighted by atomic mass is 9.48. The zero-order chi connectivity index (χ0) is 28.8. The van der Waals surface area contributed by atoms with Crippen LogP contribution in [0.15, 0.2) is 71.8 Å². The number of methoxy groups -OCH3 is 2. The summed E-state index contributed by atoms with van der Waals surface area (Å²) in [6.07, 6.45) is 11.9. The minimum atomic E-state index is -0.249. The van der Waals surface area contributed by atoms with Crippen LogP contribution in [0, 0.1) is 45.8 Å². The maximum absolute atomic E-state index is 14.2. The first-order valence-electron chi connectivity index (χ1n) is 15.2. The number of nitriles is 1. The van der Waals surface area contributed by atoms with E-state index in [-0.39, 0.29) is 28.7 Å². The van der Waals surface area contributed by atoms with Gasteiger partial charge in [0.2, 0.25) is 5.91 Å². The van der Waals surface area contributed by atoms with Gasteiger partial charge in [0.15, 0.2) is 0 Å². The molecule has 1 N–H and O–H groups in total. The molecule has 4 aliphatic rings. The van der Waals surface area contributed by atoms with Gasteiger partial charge >= 0.3 is 0 Å². The Kier molecular flexibility index (Phi) is 7.22. The number of hydrogen-bond acceptors (Lipinski definition) is 4. The van der Waals surface area contributed by atoms with Crippen molar-refractivity contribution < 1.29 is 14.3 Å². The lowest BCUT2D eigenvalue weighted by Gasteiger charge is -2.56. The molecular formula is C36H42N2O3. The number of benzene rings is 2. The van der Waals surface area contributed by atoms with Gasteiger partial charge in [0.25, 0.3) is 0 Å². The Morgan fingerprint density at radius 2 is 1.56 bits per heavy atom. The fourth-order valence-corrected chi connectivity index (χ4v) is 9.04. The predicted octanol–water partition coefficient (Wildman–Crippen LogP) is 7.55. The Morgan fingerprint density at radius 1 is 0.927 bits per heavy atom. The highest BCUT2D eigenvalue weighted by Crippen LogP contribution is 2.66. The normalized spacial score (nSPS) is 32.0. The summed E-state index contributed by atoms with van der Waals surface area (Å²) >= 11 is 0. The molecule has 4 aliphatic carbocycles. The Bertz CT molecular complexity index is 1350. The molecule has 2 saturated carbocycles. The highest BCUT2D eigenvalue weighted by molar-refractivity contribution is 5.81. The van der Waals surface area contributed by atoms with Crippen LogP contribution in [0.25, 0.3) is 0 Å². The second-order valence-electron chi connectivity index (χ2n) is 13.1. The van der Waals surface area contributed by atoms with Crippen LogP contribution in [-0.4, -0.2) is 20.1 Å². The summed E-state index contributed by atoms with van der Waals surface area (Å²) in [5.41, 5.74) is 4.53. The second kappa shape index (κ2) is 10.7. The van der Waals surface area contributed by atoms with E-state index in [4.69, 9.17) is 9.47 Å². The number of rotatable bonds is 6. The van der Waals surface area contributed by atoms with Gasteiger partial charge < -0.3 is 14.8 Å². The minimum absolute atomic E-state index is 0.000357. The summed E-state index contributed by atoms with van der Waals surface area (Å²) in [5, 5.41) is 13.0. The van der Waals surface area contributed by atoms with Crippen LogP contribution in [0.1, 0.15) is 76.0 Å². The van der Waals surface area contributed by atoms with Gasteiger partial charge in [-0.05, 0) is 121 Å². The number of carbonyl (C=O) groups excluding carboxylic acids is 1. The van der Waals surface area contributed by atoms with E-state index in [0.29, 0.717) is 17.8 Å². The van der Waals surface area contributed by atoms with Gasteiger partial charge in [-0.25, -0.2) is 0 Å². The number of allylic oxidation sites excluding steroid dienone is 4. The Hall–Kier alpha value is -3.52. The number of ether oxygens (including phenoxy) is 2. The molecular weight excluding hydrogens is 508 g/mol. The molecule has 41 heavy (non-hydrogen) atoms. The number of carbonyl (C=O) groups is 1. The van der Waals surface area contributed by atoms with Crippen LogP contribution in [0.4, 0.5) is 0 Å². The smallest absolute Gasteiger partial charge is 0.224 e. The fourth-order valence-electron chi connectivity index (χ4n) is 9.04. The van der Waals surface area contributed by atoms with Gasteiger partial charge in [-0.3, -0.25) is 4.79 Å². The summed E-state index contributed by atoms with van der Waals surface area (Å²) in [6.45, 7) is 4.84. The average Bonchev–Trinajstić information content (AvgIpc) is 3.37. The molecule has 0 unspecified atom stereocenters. The monoisotopic (exact) mass is 550 g/mol. The zero-order valence-corrected chi connectivity index (χ0v) is 24.8. The van der Waals surface area contributed by atoms with Crippen LogP contribution in [-0.2, 0) is 4.79 Å². The van der Waals surface area contributed by atoms with Gasteiger partial charge in [0.05, 0.1) is 26.3 Å². The Labute approximate surface area is 244 Å². The van der Waals surface area contributed by atoms with Gasteiger partial charge in [-0.15, -0.1) is 0 Å². The van der Waals surface area contributed by atoms with Crippen molar-refractivity contribution in [2.75, 3.05) is 14.2 Å². The SMILES string of the molecule is COc1ccc(C(NC(=O)[C@H]2CC[C@H]3[C@@H]4CC=C5C=C(C#N)CC[C@]5(C)[C@H]4CC[C@]23C)c2ccc(OC)cc2)cc1. The van der Waals surface area contributed by atoms with Gasteiger partial charge in [-0.2, -0.15) is 5.26 Å². The van der Waals surface area contributed by atoms with Crippen LogP contribution in [0.3, 0.4) is 0 Å². The summed E-state index contributed by atoms with van der Waals surface area (Å²) in [7, 11) is 3.34. The molecule has 214 valence electrons. The highest BCUT2D eigenvalue weighted by Gasteiger charge is 2.59. The van der Waals surface area contributed by atoms with Gasteiger partial charge in [0, 0.05) is 11.5 Å². The molecule has 0 aromatic heterocycles. The van der Waals surface area contributed by atoms with E-state index in [1.54, 1.807) is 14.2 Å². The van der Waals surface area contributed by atoms with E-state index in [1.807, 2.05) is 48.5 Å². The molecule has 0 radical (unpaired) electrons. The molecule has 1 amide bonds. The first-order chi connectivity index (χ1) is 19.8. The lowest BCUT2D eigenvalue weighted by Crippen LogP contribution is -2.51. The first kappa shape index (κ1) is 27.6. The molecule has 2 fully saturated rings. The highest BCUT2D eigenvalue weighted by atomic mass is 16.5. The molecule has 0 bridgehead atoms. The average molecular weight is 551 g/mol. The summed E-state index contributed by atoms with van der Waals surface area (Å²) in [5.74, 6) is 3.55. The molecule has 0 saturated heterocycles. The Morgan fingerprint density at radius 3 is 2.15 bits per heavy atom. The van der Waals surface area contributed by atoms with E-state index in [1.165, 1.54) is 5.57 Å². The molecule has 5 heteroatoms. The lowest BCUT2D eigenvalue weighted by molar-refractivity contribution is -0.132. The third kappa shape index (κ3) is 4.66. The third-order valence-corrected chi connectivity index (χ3v) is 11.4. The Balaban J connectivity index is 1.25. The number of nitrogens with one attached hydrogen (secondary N) is 1. The number of fused-ring (bicyclic) bond motifs is 5. The summed E-state index contributed by atoms with van der Waals surface area (Å²) in [4.78, 5) is 14.2. The van der Waals surface area contributed by atoms with E-state index in [2.05, 4.69) is 37.4 Å². The number of hydrogen-bond donors (Lipinski definition) is 1. The molecule has 2 aromatic carbocycles. The summed E-state index contributed by atoms with van der Waals surface area (Å²) in [6, 6.07) is 18.1. The van der Waals surface area contributed by atoms with Crippen LogP contribution in [0.2, 0.25) is 0 Å². The van der Waals surface area contributed by atoms with E-state index in [0.717, 1.165) is 73.1 Å². The van der Waals surface area contributed by atoms with E-state index in [9.17, 15) is 10.1 Å². The fraction of sp³-hybridized carbons (Fsp3) is 0.500. The zero-order valence-electron chi connectivity index (χ0n) is 24.8. The standard InChI is InChI=1S/C36H42N2O3/c1-35-19-17-23(22-37)21-26(35)9-14-29-30-15-16-32(36(30,2)20-18-31(29)35)34(39)38-33(24-5-10-27(40-3)11-6-24)25-7-12-28(41-4)13-8-25/h5-13,21,29-33H,14-20H2,1-4H3,(H,38,39)/t29-,30-,31-,32+,35-,36-/m0/s1. The molecule has 2 aromatic rings. The van der Waals surface area contributed by atoms with Crippen molar-refractivity contribution in [1.82, 2.24) is 5.32 Å². The van der Waals surface area contributed by atoms with Crippen LogP contribution < -0.4 is 14.8 Å². The molecule has 6 atom stereocenters. The molecule has 6 rings (SSSR count). The van der Waals surface area contributed by atoms with E-state index < -0.39 is 0 Å². The minimum Gasteiger partial charge on any atom is -0.497 e. The number of nitrogens with zero attached hydrogens (tertiary/aromatic N) is 1. The quantitative estimate of drug-likeness (QED) is 0.403. The van der Waals surface area contributed by atoms with Crippen molar-refractivity contribution in [3.63, 3.8) is 0 Å². The summed E-state index contributed by atoms with van der Waals surface area (Å²) < 4.78 is 10.8. The van der Waals surface area contributed by atoms with E-state index >= 15 is 0 Å². The van der Waals surface area contributed by atoms with Gasteiger partial charge in [-0.1, -0.05) is 44.2 Å². The molecule has 0 aliphatic heterocycles. The third-order valence-electron chi connectivity index (χ3n) is 11.4. The largest absolute Gasteiger partial charge is 0.497 e. The van der Waals surface area contributed by atoms with Crippen molar-refractivity contribution in [3.8, 4) is 17.6 Å². The molecule has 5 nitrogen and oxygen atoms in total. The molecule has 0 spiro atoms. The van der Waals surface area contributed by atoms with Crippen molar-refractivity contribution in [2.24, 2.45) is 34.5 Å². The van der Waals surface area contributed by atoms with Gasteiger partial charge in [0.1, 0.15) is 11.5 Å². The number of amides is 1. The van der Waals surface area contributed by atoms with Crippen molar-refractivity contribution in [2.45, 2.75) is 64.8 Å². The maximum atomic E-state index is 14.2. The topological polar surface area (TPSA) is 71.3 Å². The van der Waals surface area contributed by atoms with Crippen molar-refractivity contribution >= 4 is 5.91 Å². The predicted molar refractivity (Wildman–Crippen MR) is 160 cm³/mol. The maximum Gasteiger partial charge on any atom is 0.224 e. The van der Waals surface area contributed by atoms with Crippen molar-refractivity contribution in [3.05, 3.63) is 83.0 Å².